The van der Waals surface area contributed by atoms with Gasteiger partial charge in [0.1, 0.15) is 12.4 Å². The first kappa shape index (κ1) is 13.2. The third-order valence-electron chi connectivity index (χ3n) is 2.85. The van der Waals surface area contributed by atoms with Crippen LogP contribution in [0.5, 0.6) is 0 Å². The van der Waals surface area contributed by atoms with Gasteiger partial charge in [0, 0.05) is 12.4 Å². The van der Waals surface area contributed by atoms with Gasteiger partial charge in [0.25, 0.3) is 0 Å². The molecule has 0 aliphatic heterocycles. The van der Waals surface area contributed by atoms with Crippen LogP contribution in [0.25, 0.3) is 11.6 Å². The van der Waals surface area contributed by atoms with Crippen LogP contribution in [0.4, 0.5) is 5.95 Å². The normalized spacial score (nSPS) is 12.5. The molecule has 0 aromatic carbocycles. The summed E-state index contributed by atoms with van der Waals surface area (Å²) in [5.74, 6) is 1.99. The van der Waals surface area contributed by atoms with Crippen LogP contribution in [-0.2, 0) is 0 Å². The number of nitrogens with zero attached hydrogens (tertiary/aromatic N) is 6. The molecule has 21 heavy (non-hydrogen) atoms. The van der Waals surface area contributed by atoms with Crippen molar-refractivity contribution in [1.82, 2.24) is 35.3 Å². The van der Waals surface area contributed by atoms with Crippen LogP contribution in [0.1, 0.15) is 25.8 Å². The minimum Gasteiger partial charge on any atom is -0.342 e. The van der Waals surface area contributed by atoms with E-state index in [1.807, 2.05) is 13.8 Å². The summed E-state index contributed by atoms with van der Waals surface area (Å²) in [4.78, 5) is 16.6. The third kappa shape index (κ3) is 2.86. The molecule has 0 unspecified atom stereocenters. The zero-order valence-corrected chi connectivity index (χ0v) is 11.6. The highest BCUT2D eigenvalue weighted by atomic mass is 16.5. The smallest absolute Gasteiger partial charge is 0.249 e. The molecule has 3 heterocycles. The van der Waals surface area contributed by atoms with Crippen LogP contribution < -0.4 is 5.32 Å². The average Bonchev–Trinajstić information content (AvgIpc) is 3.16. The van der Waals surface area contributed by atoms with E-state index < -0.39 is 0 Å². The maximum absolute atomic E-state index is 5.32. The summed E-state index contributed by atoms with van der Waals surface area (Å²) >= 11 is 0. The molecular weight excluding hydrogens is 272 g/mol. The van der Waals surface area contributed by atoms with E-state index in [1.54, 1.807) is 18.5 Å². The van der Waals surface area contributed by atoms with Gasteiger partial charge in [-0.25, -0.2) is 15.0 Å². The van der Waals surface area contributed by atoms with E-state index in [0.29, 0.717) is 23.5 Å². The standard InChI is InChI=1S/C12H14N8O/c1-7(2)8(17-12-13-4-3-5-14-12)11-18-10(20-21-11)9-15-6-16-19-9/h3-8H,1-2H3,(H,13,14,17)(H,15,16,19)/t8-/m1/s1. The molecule has 0 radical (unpaired) electrons. The molecule has 0 spiro atoms. The minimum absolute atomic E-state index is 0.198. The van der Waals surface area contributed by atoms with E-state index in [9.17, 15) is 0 Å². The second-order valence-corrected chi connectivity index (χ2v) is 4.73. The molecule has 3 aromatic heterocycles. The zero-order valence-electron chi connectivity index (χ0n) is 11.6. The Hall–Kier alpha value is -2.84. The van der Waals surface area contributed by atoms with Crippen molar-refractivity contribution >= 4 is 5.95 Å². The number of hydrogen-bond acceptors (Lipinski definition) is 8. The summed E-state index contributed by atoms with van der Waals surface area (Å²) in [5, 5.41) is 13.5. The van der Waals surface area contributed by atoms with Gasteiger partial charge in [0.2, 0.25) is 17.7 Å². The molecular formula is C12H14N8O. The van der Waals surface area contributed by atoms with Crippen molar-refractivity contribution in [3.05, 3.63) is 30.7 Å². The second kappa shape index (κ2) is 5.65. The lowest BCUT2D eigenvalue weighted by Gasteiger charge is -2.17. The molecule has 0 fully saturated rings. The van der Waals surface area contributed by atoms with Crippen LogP contribution >= 0.6 is 0 Å². The first-order valence-corrected chi connectivity index (χ1v) is 6.47. The van der Waals surface area contributed by atoms with E-state index in [4.69, 9.17) is 4.52 Å². The van der Waals surface area contributed by atoms with Gasteiger partial charge in [-0.1, -0.05) is 19.0 Å². The van der Waals surface area contributed by atoms with Gasteiger partial charge in [-0.15, -0.1) is 0 Å². The molecule has 3 rings (SSSR count). The SMILES string of the molecule is CC(C)[C@@H](Nc1ncccn1)c1nc(-c2ncn[nH]2)no1. The predicted molar refractivity (Wildman–Crippen MR) is 72.9 cm³/mol. The van der Waals surface area contributed by atoms with Gasteiger partial charge in [-0.2, -0.15) is 10.1 Å². The fourth-order valence-corrected chi connectivity index (χ4v) is 1.80. The Balaban J connectivity index is 1.84. The molecule has 0 aliphatic rings. The minimum atomic E-state index is -0.198. The molecule has 0 bridgehead atoms. The Morgan fingerprint density at radius 1 is 1.19 bits per heavy atom. The quantitative estimate of drug-likeness (QED) is 0.723. The Labute approximate surface area is 120 Å². The summed E-state index contributed by atoms with van der Waals surface area (Å²) in [6, 6.07) is 1.56. The van der Waals surface area contributed by atoms with Gasteiger partial charge in [-0.3, -0.25) is 5.10 Å². The lowest BCUT2D eigenvalue weighted by molar-refractivity contribution is 0.335. The van der Waals surface area contributed by atoms with Gasteiger partial charge in [0.05, 0.1) is 0 Å². The summed E-state index contributed by atoms with van der Waals surface area (Å²) in [6.07, 6.45) is 4.72. The molecule has 9 nitrogen and oxygen atoms in total. The van der Waals surface area contributed by atoms with Gasteiger partial charge >= 0.3 is 0 Å². The molecule has 0 saturated heterocycles. The van der Waals surface area contributed by atoms with Crippen LogP contribution in [-0.4, -0.2) is 35.3 Å². The van der Waals surface area contributed by atoms with Crippen molar-refractivity contribution in [1.29, 1.82) is 0 Å². The molecule has 0 saturated carbocycles. The molecule has 9 heteroatoms. The molecule has 2 N–H and O–H groups in total. The monoisotopic (exact) mass is 286 g/mol. The van der Waals surface area contributed by atoms with E-state index in [0.717, 1.165) is 0 Å². The van der Waals surface area contributed by atoms with Crippen molar-refractivity contribution < 1.29 is 4.52 Å². The zero-order chi connectivity index (χ0) is 14.7. The van der Waals surface area contributed by atoms with E-state index in [-0.39, 0.29) is 12.0 Å². The first-order chi connectivity index (χ1) is 10.2. The van der Waals surface area contributed by atoms with E-state index in [2.05, 4.69) is 40.6 Å². The molecule has 0 aliphatic carbocycles. The van der Waals surface area contributed by atoms with Crippen LogP contribution in [0.2, 0.25) is 0 Å². The number of anilines is 1. The predicted octanol–water partition coefficient (Wildman–Crippen LogP) is 1.45. The third-order valence-corrected chi connectivity index (χ3v) is 2.85. The topological polar surface area (TPSA) is 118 Å². The summed E-state index contributed by atoms with van der Waals surface area (Å²) in [7, 11) is 0. The number of H-pyrrole nitrogens is 1. The van der Waals surface area contributed by atoms with Gasteiger partial charge in [0.15, 0.2) is 5.82 Å². The highest BCUT2D eigenvalue weighted by Crippen LogP contribution is 2.24. The lowest BCUT2D eigenvalue weighted by Crippen LogP contribution is -2.18. The number of aromatic nitrogens is 7. The Kier molecular flexibility index (Phi) is 3.54. The van der Waals surface area contributed by atoms with Crippen molar-refractivity contribution in [3.8, 4) is 11.6 Å². The maximum Gasteiger partial charge on any atom is 0.249 e. The van der Waals surface area contributed by atoms with Crippen LogP contribution in [0, 0.1) is 5.92 Å². The van der Waals surface area contributed by atoms with Gasteiger partial charge < -0.3 is 9.84 Å². The number of aromatic amines is 1. The fraction of sp³-hybridized carbons (Fsp3) is 0.333. The largest absolute Gasteiger partial charge is 0.342 e. The summed E-state index contributed by atoms with van der Waals surface area (Å²) < 4.78 is 5.32. The van der Waals surface area contributed by atoms with Crippen molar-refractivity contribution in [2.75, 3.05) is 5.32 Å². The molecule has 3 aromatic rings. The van der Waals surface area contributed by atoms with Crippen molar-refractivity contribution in [2.45, 2.75) is 19.9 Å². The van der Waals surface area contributed by atoms with Crippen LogP contribution in [0.3, 0.4) is 0 Å². The van der Waals surface area contributed by atoms with Gasteiger partial charge in [-0.05, 0) is 12.0 Å². The van der Waals surface area contributed by atoms with Crippen molar-refractivity contribution in [3.63, 3.8) is 0 Å². The van der Waals surface area contributed by atoms with Crippen molar-refractivity contribution in [2.24, 2.45) is 5.92 Å². The number of rotatable bonds is 5. The second-order valence-electron chi connectivity index (χ2n) is 4.73. The lowest BCUT2D eigenvalue weighted by atomic mass is 10.0. The average molecular weight is 286 g/mol. The fourth-order valence-electron chi connectivity index (χ4n) is 1.80. The highest BCUT2D eigenvalue weighted by molar-refractivity contribution is 5.40. The Morgan fingerprint density at radius 2 is 2.00 bits per heavy atom. The molecule has 1 atom stereocenters. The summed E-state index contributed by atoms with van der Waals surface area (Å²) in [5.41, 5.74) is 0. The Morgan fingerprint density at radius 3 is 2.67 bits per heavy atom. The summed E-state index contributed by atoms with van der Waals surface area (Å²) in [6.45, 7) is 4.08. The van der Waals surface area contributed by atoms with E-state index >= 15 is 0 Å². The molecule has 108 valence electrons. The van der Waals surface area contributed by atoms with Crippen LogP contribution in [0.15, 0.2) is 29.3 Å². The number of hydrogen-bond donors (Lipinski definition) is 2. The maximum atomic E-state index is 5.32. The highest BCUT2D eigenvalue weighted by Gasteiger charge is 2.24. The number of nitrogens with one attached hydrogen (secondary N) is 2. The Bertz CT molecular complexity index is 678. The van der Waals surface area contributed by atoms with E-state index in [1.165, 1.54) is 6.33 Å². The first-order valence-electron chi connectivity index (χ1n) is 6.47. The molecule has 0 amide bonds.